The molecule has 0 radical (unpaired) electrons. The highest BCUT2D eigenvalue weighted by atomic mass is 16.6. The number of amides is 4. The van der Waals surface area contributed by atoms with Crippen LogP contribution in [0, 0.1) is 17.3 Å². The lowest BCUT2D eigenvalue weighted by molar-refractivity contribution is -0.189. The predicted molar refractivity (Wildman–Crippen MR) is 265 cm³/mol. The number of nitrogens with zero attached hydrogens (tertiary/aromatic N) is 5. The summed E-state index contributed by atoms with van der Waals surface area (Å²) in [6, 6.07) is 11.6. The number of benzene rings is 2. The van der Waals surface area contributed by atoms with E-state index in [0.29, 0.717) is 25.9 Å². The van der Waals surface area contributed by atoms with Crippen LogP contribution in [0.5, 0.6) is 0 Å². The van der Waals surface area contributed by atoms with Crippen molar-refractivity contribution in [2.45, 2.75) is 124 Å². The number of aryl methyl sites for hydroxylation is 1. The van der Waals surface area contributed by atoms with Crippen LogP contribution in [0.3, 0.4) is 0 Å². The molecule has 0 saturated carbocycles. The molecule has 4 heterocycles. The molecule has 1 aromatic heterocycles. The molecule has 2 aromatic carbocycles. The van der Waals surface area contributed by atoms with E-state index in [-0.39, 0.29) is 56.3 Å². The second-order valence-electron chi connectivity index (χ2n) is 19.5. The highest BCUT2D eigenvalue weighted by Gasteiger charge is 2.46. The molecule has 4 amide bonds. The van der Waals surface area contributed by atoms with Gasteiger partial charge in [0.05, 0.1) is 30.0 Å². The molecule has 0 spiro atoms. The maximum atomic E-state index is 14.8. The van der Waals surface area contributed by atoms with Gasteiger partial charge in [0.2, 0.25) is 23.4 Å². The number of hydrazine groups is 1. The molecule has 15 heteroatoms. The Labute approximate surface area is 401 Å². The van der Waals surface area contributed by atoms with E-state index in [9.17, 15) is 29.1 Å². The first-order valence-corrected chi connectivity index (χ1v) is 23.9. The van der Waals surface area contributed by atoms with E-state index < -0.39 is 53.0 Å². The number of likely N-dealkylation sites (N-methyl/N-ethyl adjacent to an activating group) is 1. The number of esters is 1. The van der Waals surface area contributed by atoms with Gasteiger partial charge in [-0.05, 0) is 93.3 Å². The quantitative estimate of drug-likeness (QED) is 0.0824. The van der Waals surface area contributed by atoms with Crippen molar-refractivity contribution in [1.29, 1.82) is 0 Å². The smallest absolute Gasteiger partial charge is 0.355 e. The van der Waals surface area contributed by atoms with E-state index >= 15 is 0 Å². The molecule has 0 aliphatic carbocycles. The van der Waals surface area contributed by atoms with Gasteiger partial charge in [-0.25, -0.2) is 4.79 Å². The molecular formula is C53H71N7O8. The van der Waals surface area contributed by atoms with Gasteiger partial charge < -0.3 is 34.3 Å². The van der Waals surface area contributed by atoms with Crippen molar-refractivity contribution in [2.24, 2.45) is 22.2 Å². The number of carbonyl (C=O) groups is 5. The first-order valence-electron chi connectivity index (χ1n) is 23.9. The summed E-state index contributed by atoms with van der Waals surface area (Å²) < 4.78 is 14.1. The minimum atomic E-state index is -2.24. The number of allylic oxidation sites excluding steroid dienone is 2. The van der Waals surface area contributed by atoms with E-state index in [1.54, 1.807) is 25.3 Å². The van der Waals surface area contributed by atoms with Gasteiger partial charge in [-0.1, -0.05) is 77.3 Å². The monoisotopic (exact) mass is 934 g/mol. The topological polar surface area (TPSA) is 175 Å². The number of likely N-dealkylation sites (tertiary alicyclic amines) is 1. The third-order valence-electron chi connectivity index (χ3n) is 13.8. The van der Waals surface area contributed by atoms with Gasteiger partial charge in [0.25, 0.3) is 5.91 Å². The fourth-order valence-electron chi connectivity index (χ4n) is 10.2. The van der Waals surface area contributed by atoms with Crippen LogP contribution in [0.25, 0.3) is 27.6 Å². The summed E-state index contributed by atoms with van der Waals surface area (Å²) in [4.78, 5) is 77.9. The number of hydrogen-bond acceptors (Lipinski definition) is 10. The van der Waals surface area contributed by atoms with Crippen LogP contribution < -0.4 is 10.7 Å². The number of carbonyl (C=O) groups excluding carboxylic acids is 5. The van der Waals surface area contributed by atoms with Gasteiger partial charge in [-0.2, -0.15) is 5.43 Å². The normalized spacial score (nSPS) is 23.4. The number of methoxy groups -OCH3 is 1. The standard InChI is InChI=1S/C53H71N7O8/c1-13-38(45(54-15-3)34(8)67-12)47-41-30-52(9,10)31-68-51(65)53(66)24-18-25-60(56-53)50(64)42(28-35-19-17-20-36(27-35)37-21-22-43(40(41)29-37)58(47)16-4)55-48(62)46(32(5)6)57(11)49(63)39-23-26-59(33(39)7)44(61)14-2/h13-15,17,19-22,27,29,32-34,39,42,46,56,66H,1-2,16,18,23-26,28,30-31H2,3-12H3,(H,55,62)/b45-38+,54-15?/t33-,34+,39+,42+,46+,53+/m1/s1. The van der Waals surface area contributed by atoms with Crippen LogP contribution in [0.4, 0.5) is 0 Å². The molecule has 3 N–H and O–H groups in total. The average Bonchev–Trinajstić information content (AvgIpc) is 3.85. The van der Waals surface area contributed by atoms with Crippen LogP contribution >= 0.6 is 0 Å². The summed E-state index contributed by atoms with van der Waals surface area (Å²) in [5.74, 6) is -3.48. The Balaban J connectivity index is 1.46. The molecular weight excluding hydrogens is 863 g/mol. The van der Waals surface area contributed by atoms with Crippen LogP contribution in [0.1, 0.15) is 91.5 Å². The number of hydrogen-bond donors (Lipinski definition) is 3. The molecule has 15 nitrogen and oxygen atoms in total. The molecule has 6 rings (SSSR count). The van der Waals surface area contributed by atoms with E-state index in [1.165, 1.54) is 16.0 Å². The maximum Gasteiger partial charge on any atom is 0.355 e. The van der Waals surface area contributed by atoms with E-state index in [2.05, 4.69) is 53.6 Å². The molecule has 6 bridgehead atoms. The van der Waals surface area contributed by atoms with Gasteiger partial charge in [-0.3, -0.25) is 29.2 Å². The predicted octanol–water partition coefficient (Wildman–Crippen LogP) is 6.23. The molecule has 3 aliphatic heterocycles. The van der Waals surface area contributed by atoms with E-state index in [4.69, 9.17) is 14.5 Å². The van der Waals surface area contributed by atoms with Crippen molar-refractivity contribution in [3.05, 3.63) is 90.3 Å². The molecule has 366 valence electrons. The lowest BCUT2D eigenvalue weighted by Crippen LogP contribution is -2.67. The summed E-state index contributed by atoms with van der Waals surface area (Å²) in [7, 11) is 3.23. The van der Waals surface area contributed by atoms with Crippen molar-refractivity contribution in [3.8, 4) is 11.1 Å². The summed E-state index contributed by atoms with van der Waals surface area (Å²) in [6.07, 6.45) is 5.64. The van der Waals surface area contributed by atoms with Gasteiger partial charge in [0, 0.05) is 80.8 Å². The molecule has 3 aromatic rings. The van der Waals surface area contributed by atoms with Crippen molar-refractivity contribution in [2.75, 3.05) is 33.9 Å². The lowest BCUT2D eigenvalue weighted by atomic mass is 9.84. The van der Waals surface area contributed by atoms with Crippen LogP contribution in [0.2, 0.25) is 0 Å². The SMILES string of the molecule is C=CC(=O)N1CC[C@H](C(=O)N(C)[C@H](C(=O)N[C@H]2Cc3cccc(c3)-c3ccc4c(c3)c(c(/C(C=C)=C(/N=CC)[C@H](C)OC)n4CC)CC(C)(C)COC(=O)[C@@]3(O)CCCN(N3)C2=O)C(C)C)[C@H]1C. The summed E-state index contributed by atoms with van der Waals surface area (Å²) in [5.41, 5.74) is 6.91. The Morgan fingerprint density at radius 2 is 1.81 bits per heavy atom. The van der Waals surface area contributed by atoms with Crippen molar-refractivity contribution in [3.63, 3.8) is 0 Å². The van der Waals surface area contributed by atoms with Crippen molar-refractivity contribution in [1.82, 2.24) is 30.1 Å². The molecule has 6 atom stereocenters. The minimum Gasteiger partial charge on any atom is -0.462 e. The fourth-order valence-corrected chi connectivity index (χ4v) is 10.2. The van der Waals surface area contributed by atoms with Crippen LogP contribution in [-0.2, 0) is 52.8 Å². The number of ether oxygens (including phenoxy) is 2. The largest absolute Gasteiger partial charge is 0.462 e. The minimum absolute atomic E-state index is 0.0182. The second kappa shape index (κ2) is 21.2. The summed E-state index contributed by atoms with van der Waals surface area (Å²) in [5, 5.41) is 17.1. The number of fused-ring (bicyclic) bond motifs is 6. The Hall–Kier alpha value is -5.90. The Kier molecular flexibility index (Phi) is 16.0. The van der Waals surface area contributed by atoms with Gasteiger partial charge in [-0.15, -0.1) is 0 Å². The molecule has 2 fully saturated rings. The maximum absolute atomic E-state index is 14.8. The van der Waals surface area contributed by atoms with Crippen LogP contribution in [-0.4, -0.2) is 124 Å². The van der Waals surface area contributed by atoms with Crippen molar-refractivity contribution >= 4 is 52.3 Å². The number of aromatic nitrogens is 1. The number of nitrogens with one attached hydrogen (secondary N) is 2. The van der Waals surface area contributed by atoms with E-state index in [0.717, 1.165) is 50.1 Å². The van der Waals surface area contributed by atoms with E-state index in [1.807, 2.05) is 78.8 Å². The molecule has 2 saturated heterocycles. The second-order valence-corrected chi connectivity index (χ2v) is 19.5. The first-order chi connectivity index (χ1) is 32.2. The zero-order valence-electron chi connectivity index (χ0n) is 41.6. The number of rotatable bonds is 12. The lowest BCUT2D eigenvalue weighted by Gasteiger charge is -2.40. The average molecular weight is 934 g/mol. The molecule has 68 heavy (non-hydrogen) atoms. The molecule has 3 aliphatic rings. The first kappa shape index (κ1) is 51.5. The third-order valence-corrected chi connectivity index (χ3v) is 13.8. The van der Waals surface area contributed by atoms with Crippen molar-refractivity contribution < 1.29 is 38.6 Å². The van der Waals surface area contributed by atoms with Gasteiger partial charge in [0.1, 0.15) is 12.1 Å². The van der Waals surface area contributed by atoms with Crippen LogP contribution in [0.15, 0.2) is 78.5 Å². The zero-order chi connectivity index (χ0) is 49.8. The number of aliphatic imine (C=N–C) groups is 1. The zero-order valence-corrected chi connectivity index (χ0v) is 41.6. The molecule has 0 unspecified atom stereocenters. The summed E-state index contributed by atoms with van der Waals surface area (Å²) in [6.45, 7) is 24.4. The number of cyclic esters (lactones) is 1. The highest BCUT2D eigenvalue weighted by Crippen LogP contribution is 2.40. The Bertz CT molecular complexity index is 2510. The highest BCUT2D eigenvalue weighted by molar-refractivity contribution is 5.96. The van der Waals surface area contributed by atoms with Gasteiger partial charge in [0.15, 0.2) is 0 Å². The number of aliphatic hydroxyl groups is 1. The Morgan fingerprint density at radius 1 is 1.09 bits per heavy atom. The summed E-state index contributed by atoms with van der Waals surface area (Å²) >= 11 is 0. The fraction of sp³-hybridized carbons (Fsp3) is 0.509. The van der Waals surface area contributed by atoms with Gasteiger partial charge >= 0.3 is 5.97 Å². The third kappa shape index (κ3) is 10.4. The Morgan fingerprint density at radius 3 is 2.46 bits per heavy atom.